The standard InChI is InChI=1S/C14H22N4O2S/c1-2-20-10-4-3-7-18(8-10)13(19)11-12(15)17-14(21-11)16-9-5-6-9/h9-10H,2-8,15H2,1H3,(H,16,17). The van der Waals surface area contributed by atoms with E-state index >= 15 is 0 Å². The van der Waals surface area contributed by atoms with Gasteiger partial charge in [0, 0.05) is 25.7 Å². The van der Waals surface area contributed by atoms with E-state index in [-0.39, 0.29) is 12.0 Å². The Hall–Kier alpha value is -1.34. The van der Waals surface area contributed by atoms with Crippen LogP contribution < -0.4 is 11.1 Å². The molecule has 21 heavy (non-hydrogen) atoms. The molecule has 3 N–H and O–H groups in total. The van der Waals surface area contributed by atoms with Gasteiger partial charge in [-0.15, -0.1) is 0 Å². The number of hydrogen-bond acceptors (Lipinski definition) is 6. The molecule has 3 rings (SSSR count). The third-order valence-electron chi connectivity index (χ3n) is 3.82. The van der Waals surface area contributed by atoms with Crippen molar-refractivity contribution in [1.82, 2.24) is 9.88 Å². The van der Waals surface area contributed by atoms with Crippen LogP contribution in [0, 0.1) is 0 Å². The van der Waals surface area contributed by atoms with E-state index in [4.69, 9.17) is 10.5 Å². The SMILES string of the molecule is CCOC1CCCN(C(=O)c2sc(NC3CC3)nc2N)C1. The molecule has 1 unspecified atom stereocenters. The number of nitrogen functional groups attached to an aromatic ring is 1. The molecule has 1 amide bonds. The molecule has 0 radical (unpaired) electrons. The molecule has 6 nitrogen and oxygen atoms in total. The summed E-state index contributed by atoms with van der Waals surface area (Å²) in [5.74, 6) is 0.324. The number of ether oxygens (including phenoxy) is 1. The van der Waals surface area contributed by atoms with Crippen LogP contribution >= 0.6 is 11.3 Å². The van der Waals surface area contributed by atoms with Crippen molar-refractivity contribution in [3.63, 3.8) is 0 Å². The molecule has 2 aliphatic rings. The Bertz CT molecular complexity index is 513. The fraction of sp³-hybridized carbons (Fsp3) is 0.714. The molecule has 2 heterocycles. The molecule has 2 fully saturated rings. The highest BCUT2D eigenvalue weighted by molar-refractivity contribution is 7.18. The first-order chi connectivity index (χ1) is 10.2. The van der Waals surface area contributed by atoms with Crippen LogP contribution in [0.4, 0.5) is 10.9 Å². The normalized spacial score (nSPS) is 22.3. The van der Waals surface area contributed by atoms with Crippen LogP contribution in [0.5, 0.6) is 0 Å². The summed E-state index contributed by atoms with van der Waals surface area (Å²) in [5.41, 5.74) is 5.92. The largest absolute Gasteiger partial charge is 0.382 e. The second-order valence-electron chi connectivity index (χ2n) is 5.62. The number of nitrogens with zero attached hydrogens (tertiary/aromatic N) is 2. The van der Waals surface area contributed by atoms with Gasteiger partial charge < -0.3 is 20.7 Å². The molecule has 1 saturated carbocycles. The molecule has 1 aromatic heterocycles. The van der Waals surface area contributed by atoms with Gasteiger partial charge in [0.15, 0.2) is 5.13 Å². The van der Waals surface area contributed by atoms with Crippen molar-refractivity contribution in [2.24, 2.45) is 0 Å². The van der Waals surface area contributed by atoms with Crippen LogP contribution in [0.15, 0.2) is 0 Å². The van der Waals surface area contributed by atoms with E-state index in [0.29, 0.717) is 29.9 Å². The number of nitrogens with one attached hydrogen (secondary N) is 1. The summed E-state index contributed by atoms with van der Waals surface area (Å²) in [6.07, 6.45) is 4.48. The number of rotatable bonds is 5. The van der Waals surface area contributed by atoms with Gasteiger partial charge in [-0.1, -0.05) is 11.3 Å². The van der Waals surface area contributed by atoms with Gasteiger partial charge in [0.25, 0.3) is 5.91 Å². The van der Waals surface area contributed by atoms with Crippen molar-refractivity contribution in [3.8, 4) is 0 Å². The fourth-order valence-electron chi connectivity index (χ4n) is 2.59. The van der Waals surface area contributed by atoms with Crippen LogP contribution in [-0.4, -0.2) is 47.6 Å². The van der Waals surface area contributed by atoms with Crippen LogP contribution in [0.2, 0.25) is 0 Å². The monoisotopic (exact) mass is 310 g/mol. The number of carbonyl (C=O) groups excluding carboxylic acids is 1. The van der Waals surface area contributed by atoms with Crippen LogP contribution in [0.1, 0.15) is 42.3 Å². The Kier molecular flexibility index (Phi) is 4.30. The minimum atomic E-state index is -0.0155. The molecule has 1 aliphatic carbocycles. The van der Waals surface area contributed by atoms with Crippen LogP contribution in [0.25, 0.3) is 0 Å². The Morgan fingerprint density at radius 1 is 1.52 bits per heavy atom. The summed E-state index contributed by atoms with van der Waals surface area (Å²) in [7, 11) is 0. The summed E-state index contributed by atoms with van der Waals surface area (Å²) >= 11 is 1.36. The number of amides is 1. The topological polar surface area (TPSA) is 80.5 Å². The zero-order chi connectivity index (χ0) is 14.8. The Morgan fingerprint density at radius 2 is 2.33 bits per heavy atom. The van der Waals surface area contributed by atoms with Gasteiger partial charge in [0.05, 0.1) is 6.10 Å². The van der Waals surface area contributed by atoms with Crippen molar-refractivity contribution in [1.29, 1.82) is 0 Å². The summed E-state index contributed by atoms with van der Waals surface area (Å²) in [6, 6.07) is 0.510. The van der Waals surface area contributed by atoms with Gasteiger partial charge in [-0.3, -0.25) is 4.79 Å². The zero-order valence-corrected chi connectivity index (χ0v) is 13.1. The first kappa shape index (κ1) is 14.6. The summed E-state index contributed by atoms with van der Waals surface area (Å²) in [6.45, 7) is 4.09. The van der Waals surface area contributed by atoms with Gasteiger partial charge in [-0.05, 0) is 32.6 Å². The predicted octanol–water partition coefficient (Wildman–Crippen LogP) is 1.94. The summed E-state index contributed by atoms with van der Waals surface area (Å²) in [5, 5.41) is 4.06. The van der Waals surface area contributed by atoms with E-state index < -0.39 is 0 Å². The Labute approximate surface area is 128 Å². The van der Waals surface area contributed by atoms with Crippen molar-refractivity contribution >= 4 is 28.2 Å². The van der Waals surface area contributed by atoms with E-state index in [1.807, 2.05) is 11.8 Å². The van der Waals surface area contributed by atoms with Crippen molar-refractivity contribution in [3.05, 3.63) is 4.88 Å². The molecule has 0 spiro atoms. The number of carbonyl (C=O) groups is 1. The maximum absolute atomic E-state index is 12.6. The number of piperidine rings is 1. The lowest BCUT2D eigenvalue weighted by Gasteiger charge is -2.32. The van der Waals surface area contributed by atoms with Gasteiger partial charge in [-0.2, -0.15) is 0 Å². The highest BCUT2D eigenvalue weighted by Gasteiger charge is 2.29. The number of likely N-dealkylation sites (tertiary alicyclic amines) is 1. The number of anilines is 2. The molecule has 1 aliphatic heterocycles. The lowest BCUT2D eigenvalue weighted by molar-refractivity contribution is 0.00745. The average Bonchev–Trinajstić information content (AvgIpc) is 3.21. The van der Waals surface area contributed by atoms with Crippen LogP contribution in [-0.2, 0) is 4.74 Å². The van der Waals surface area contributed by atoms with Crippen molar-refractivity contribution in [2.75, 3.05) is 30.7 Å². The second kappa shape index (κ2) is 6.19. The molecular weight excluding hydrogens is 288 g/mol. The quantitative estimate of drug-likeness (QED) is 0.869. The molecule has 1 saturated heterocycles. The smallest absolute Gasteiger partial charge is 0.267 e. The molecule has 0 aromatic carbocycles. The maximum Gasteiger partial charge on any atom is 0.267 e. The molecule has 116 valence electrons. The maximum atomic E-state index is 12.6. The van der Waals surface area contributed by atoms with Crippen molar-refractivity contribution in [2.45, 2.75) is 44.8 Å². The van der Waals surface area contributed by atoms with E-state index in [2.05, 4.69) is 10.3 Å². The highest BCUT2D eigenvalue weighted by Crippen LogP contribution is 2.31. The van der Waals surface area contributed by atoms with E-state index in [9.17, 15) is 4.79 Å². The van der Waals surface area contributed by atoms with E-state index in [1.54, 1.807) is 0 Å². The summed E-state index contributed by atoms with van der Waals surface area (Å²) < 4.78 is 5.65. The van der Waals surface area contributed by atoms with Gasteiger partial charge >= 0.3 is 0 Å². The minimum absolute atomic E-state index is 0.0155. The number of nitrogens with two attached hydrogens (primary N) is 1. The van der Waals surface area contributed by atoms with E-state index in [0.717, 1.165) is 24.5 Å². The van der Waals surface area contributed by atoms with E-state index in [1.165, 1.54) is 24.2 Å². The lowest BCUT2D eigenvalue weighted by atomic mass is 10.1. The van der Waals surface area contributed by atoms with Gasteiger partial charge in [0.2, 0.25) is 0 Å². The molecule has 7 heteroatoms. The second-order valence-corrected chi connectivity index (χ2v) is 6.62. The Balaban J connectivity index is 1.67. The molecule has 0 bridgehead atoms. The molecule has 1 aromatic rings. The number of aromatic nitrogens is 1. The average molecular weight is 310 g/mol. The molecular formula is C14H22N4O2S. The highest BCUT2D eigenvalue weighted by atomic mass is 32.1. The first-order valence-electron chi connectivity index (χ1n) is 7.61. The number of thiazole rings is 1. The van der Waals surface area contributed by atoms with Crippen LogP contribution in [0.3, 0.4) is 0 Å². The Morgan fingerprint density at radius 3 is 3.05 bits per heavy atom. The number of hydrogen-bond donors (Lipinski definition) is 2. The minimum Gasteiger partial charge on any atom is -0.382 e. The van der Waals surface area contributed by atoms with Crippen molar-refractivity contribution < 1.29 is 9.53 Å². The van der Waals surface area contributed by atoms with Gasteiger partial charge in [0.1, 0.15) is 10.7 Å². The third kappa shape index (κ3) is 3.47. The lowest BCUT2D eigenvalue weighted by Crippen LogP contribution is -2.43. The predicted molar refractivity (Wildman–Crippen MR) is 83.7 cm³/mol. The first-order valence-corrected chi connectivity index (χ1v) is 8.42. The third-order valence-corrected chi connectivity index (χ3v) is 4.81. The molecule has 1 atom stereocenters. The zero-order valence-electron chi connectivity index (χ0n) is 12.3. The van der Waals surface area contributed by atoms with Gasteiger partial charge in [-0.25, -0.2) is 4.98 Å². The fourth-order valence-corrected chi connectivity index (χ4v) is 3.52. The summed E-state index contributed by atoms with van der Waals surface area (Å²) in [4.78, 5) is 19.3.